The summed E-state index contributed by atoms with van der Waals surface area (Å²) in [5, 5.41) is 21.8. The maximum absolute atomic E-state index is 10.1. The van der Waals surface area contributed by atoms with Gasteiger partial charge in [0.25, 0.3) is 0 Å². The van der Waals surface area contributed by atoms with Crippen LogP contribution in [-0.4, -0.2) is 64.5 Å². The zero-order valence-corrected chi connectivity index (χ0v) is 19.5. The second-order valence-corrected chi connectivity index (χ2v) is 8.50. The first kappa shape index (κ1) is 23.0. The van der Waals surface area contributed by atoms with Crippen molar-refractivity contribution in [3.05, 3.63) is 71.2 Å². The number of pyridine rings is 1. The molecule has 4 rings (SSSR count). The van der Waals surface area contributed by atoms with Crippen molar-refractivity contribution in [2.45, 2.75) is 26.7 Å². The lowest BCUT2D eigenvalue weighted by molar-refractivity contribution is 0.0398. The van der Waals surface area contributed by atoms with Gasteiger partial charge in [-0.15, -0.1) is 0 Å². The van der Waals surface area contributed by atoms with Crippen LogP contribution < -0.4 is 5.32 Å². The van der Waals surface area contributed by atoms with E-state index >= 15 is 0 Å². The Hall–Kier alpha value is -3.16. The van der Waals surface area contributed by atoms with Crippen molar-refractivity contribution in [2.75, 3.05) is 44.7 Å². The van der Waals surface area contributed by atoms with Crippen LogP contribution in [0.1, 0.15) is 30.7 Å². The van der Waals surface area contributed by atoms with E-state index in [-0.39, 0.29) is 5.76 Å². The number of hydrogen-bond donors (Lipinski definition) is 3. The van der Waals surface area contributed by atoms with Crippen LogP contribution in [0.25, 0.3) is 11.2 Å². The number of rotatable bonds is 9. The van der Waals surface area contributed by atoms with E-state index in [1.807, 2.05) is 24.4 Å². The third kappa shape index (κ3) is 5.61. The molecule has 1 aliphatic heterocycles. The number of aliphatic hydroxyl groups excluding tert-OH is 1. The molecule has 0 bridgehead atoms. The summed E-state index contributed by atoms with van der Waals surface area (Å²) < 4.78 is 7.53. The van der Waals surface area contributed by atoms with E-state index in [9.17, 15) is 5.11 Å². The van der Waals surface area contributed by atoms with Gasteiger partial charge in [0.15, 0.2) is 0 Å². The molecule has 2 aromatic heterocycles. The summed E-state index contributed by atoms with van der Waals surface area (Å²) >= 11 is 0. The van der Waals surface area contributed by atoms with Crippen LogP contribution in [-0.2, 0) is 17.6 Å². The van der Waals surface area contributed by atoms with Crippen LogP contribution in [0.4, 0.5) is 5.82 Å². The van der Waals surface area contributed by atoms with Gasteiger partial charge in [0, 0.05) is 43.7 Å². The van der Waals surface area contributed by atoms with Crippen LogP contribution in [0.5, 0.6) is 0 Å². The molecule has 7 nitrogen and oxygen atoms in total. The monoisotopic (exact) mass is 447 g/mol. The molecule has 0 unspecified atom stereocenters. The highest BCUT2D eigenvalue weighted by Crippen LogP contribution is 2.25. The van der Waals surface area contributed by atoms with Gasteiger partial charge >= 0.3 is 0 Å². The molecule has 1 aliphatic rings. The predicted molar refractivity (Wildman–Crippen MR) is 133 cm³/mol. The predicted octanol–water partition coefficient (Wildman–Crippen LogP) is 4.19. The molecular weight excluding hydrogens is 414 g/mol. The van der Waals surface area contributed by atoms with Crippen molar-refractivity contribution in [1.29, 1.82) is 5.41 Å². The Kier molecular flexibility index (Phi) is 7.42. The highest BCUT2D eigenvalue weighted by molar-refractivity contribution is 6.21. The van der Waals surface area contributed by atoms with Gasteiger partial charge in [0.2, 0.25) is 0 Å². The molecular formula is C26H33N5O2. The lowest BCUT2D eigenvalue weighted by Gasteiger charge is -2.26. The summed E-state index contributed by atoms with van der Waals surface area (Å²) in [5.41, 5.74) is 4.80. The van der Waals surface area contributed by atoms with Crippen LogP contribution in [0.2, 0.25) is 0 Å². The van der Waals surface area contributed by atoms with Crippen LogP contribution in [0.15, 0.2) is 54.4 Å². The molecule has 1 fully saturated rings. The Morgan fingerprint density at radius 2 is 1.88 bits per heavy atom. The molecule has 1 aromatic carbocycles. The topological polar surface area (TPSA) is 85.9 Å². The molecule has 0 saturated carbocycles. The van der Waals surface area contributed by atoms with Crippen molar-refractivity contribution in [3.63, 3.8) is 0 Å². The van der Waals surface area contributed by atoms with Gasteiger partial charge in [-0.2, -0.15) is 0 Å². The molecule has 3 aromatic rings. The van der Waals surface area contributed by atoms with Gasteiger partial charge in [-0.25, -0.2) is 4.98 Å². The Morgan fingerprint density at radius 3 is 2.58 bits per heavy atom. The average molecular weight is 448 g/mol. The fraction of sp³-hybridized carbons (Fsp3) is 0.385. The first-order valence-electron chi connectivity index (χ1n) is 11.6. The van der Waals surface area contributed by atoms with Crippen LogP contribution in [0.3, 0.4) is 0 Å². The zero-order chi connectivity index (χ0) is 23.2. The summed E-state index contributed by atoms with van der Waals surface area (Å²) in [4.78, 5) is 7.36. The van der Waals surface area contributed by atoms with E-state index in [1.165, 1.54) is 5.56 Å². The van der Waals surface area contributed by atoms with Gasteiger partial charge in [-0.3, -0.25) is 9.30 Å². The molecule has 3 heterocycles. The summed E-state index contributed by atoms with van der Waals surface area (Å²) in [6.07, 6.45) is 3.72. The highest BCUT2D eigenvalue weighted by atomic mass is 16.5. The number of aryl methyl sites for hydroxylation is 2. The van der Waals surface area contributed by atoms with Gasteiger partial charge in [-0.05, 0) is 49.9 Å². The van der Waals surface area contributed by atoms with Crippen molar-refractivity contribution in [1.82, 2.24) is 14.3 Å². The van der Waals surface area contributed by atoms with Gasteiger partial charge in [0.05, 0.1) is 24.7 Å². The largest absolute Gasteiger partial charge is 0.512 e. The summed E-state index contributed by atoms with van der Waals surface area (Å²) in [5.74, 6) is 1.16. The Morgan fingerprint density at radius 1 is 1.12 bits per heavy atom. The number of nitrogens with one attached hydrogen (secondary N) is 2. The van der Waals surface area contributed by atoms with Crippen LogP contribution in [0, 0.1) is 5.41 Å². The second-order valence-electron chi connectivity index (χ2n) is 8.50. The number of imidazole rings is 1. The minimum absolute atomic E-state index is 0.145. The van der Waals surface area contributed by atoms with E-state index < -0.39 is 0 Å². The smallest absolute Gasteiger partial charge is 0.139 e. The number of nitrogens with zero attached hydrogens (tertiary/aromatic N) is 3. The Bertz CT molecular complexity index is 1130. The van der Waals surface area contributed by atoms with E-state index in [2.05, 4.69) is 38.9 Å². The van der Waals surface area contributed by atoms with Crippen molar-refractivity contribution < 1.29 is 9.84 Å². The lowest BCUT2D eigenvalue weighted by atomic mass is 10.0. The van der Waals surface area contributed by atoms with Gasteiger partial charge < -0.3 is 20.6 Å². The first-order chi connectivity index (χ1) is 16.0. The highest BCUT2D eigenvalue weighted by Gasteiger charge is 2.16. The fourth-order valence-electron chi connectivity index (χ4n) is 4.37. The molecule has 0 aliphatic carbocycles. The minimum Gasteiger partial charge on any atom is -0.512 e. The average Bonchev–Trinajstić information content (AvgIpc) is 3.15. The quantitative estimate of drug-likeness (QED) is 0.338. The molecule has 3 N–H and O–H groups in total. The van der Waals surface area contributed by atoms with Crippen molar-refractivity contribution in [3.8, 4) is 0 Å². The molecule has 7 heteroatoms. The number of morpholine rings is 1. The molecule has 0 amide bonds. The standard InChI is InChI=1S/C26H33N5O2/c1-19(27)25(20(2)32)22-10-12-31-24(18-22)29-23(9-8-21-6-4-3-5-7-21)26(31)28-11-13-30-14-16-33-17-15-30/h3-7,10,12,18,27-28,32H,8-9,11,13-17H2,1-2H3/b25-20+,27-19?. The number of anilines is 1. The van der Waals surface area contributed by atoms with Crippen molar-refractivity contribution in [2.24, 2.45) is 0 Å². The van der Waals surface area contributed by atoms with Gasteiger partial charge in [-0.1, -0.05) is 30.3 Å². The number of fused-ring (bicyclic) bond motifs is 1. The second kappa shape index (κ2) is 10.6. The third-order valence-corrected chi connectivity index (χ3v) is 6.04. The summed E-state index contributed by atoms with van der Waals surface area (Å²) in [7, 11) is 0. The molecule has 1 saturated heterocycles. The number of aliphatic hydroxyl groups is 1. The number of ether oxygens (including phenoxy) is 1. The normalized spacial score (nSPS) is 15.5. The van der Waals surface area contributed by atoms with Crippen molar-refractivity contribution >= 4 is 22.7 Å². The van der Waals surface area contributed by atoms with E-state index in [1.54, 1.807) is 13.8 Å². The number of aromatic nitrogens is 2. The van der Waals surface area contributed by atoms with Gasteiger partial charge in [0.1, 0.15) is 11.5 Å². The molecule has 0 radical (unpaired) electrons. The Balaban J connectivity index is 1.60. The number of hydrogen-bond acceptors (Lipinski definition) is 6. The number of allylic oxidation sites excluding steroid dienone is 2. The zero-order valence-electron chi connectivity index (χ0n) is 19.5. The first-order valence-corrected chi connectivity index (χ1v) is 11.6. The number of benzene rings is 1. The molecule has 174 valence electrons. The maximum Gasteiger partial charge on any atom is 0.139 e. The maximum atomic E-state index is 10.1. The molecule has 33 heavy (non-hydrogen) atoms. The fourth-order valence-corrected chi connectivity index (χ4v) is 4.37. The van der Waals surface area contributed by atoms with E-state index in [0.29, 0.717) is 11.3 Å². The molecule has 0 spiro atoms. The minimum atomic E-state index is 0.145. The lowest BCUT2D eigenvalue weighted by Crippen LogP contribution is -2.39. The molecule has 0 atom stereocenters. The Labute approximate surface area is 195 Å². The van der Waals surface area contributed by atoms with E-state index in [0.717, 1.165) is 75.0 Å². The van der Waals surface area contributed by atoms with Crippen LogP contribution >= 0.6 is 0 Å². The third-order valence-electron chi connectivity index (χ3n) is 6.04. The SMILES string of the molecule is CC(=N)/C(=C(/C)O)c1ccn2c(NCCN3CCOCC3)c(CCc3ccccc3)nc2c1. The summed E-state index contributed by atoms with van der Waals surface area (Å²) in [6.45, 7) is 8.63. The van der Waals surface area contributed by atoms with E-state index in [4.69, 9.17) is 15.1 Å². The summed E-state index contributed by atoms with van der Waals surface area (Å²) in [6, 6.07) is 14.4.